The Balaban J connectivity index is 2.26. The SMILES string of the molecule is Cc1cccc(S(=O)(=O)NCc2c(F)ccc(Cl)c2F)c1. The highest BCUT2D eigenvalue weighted by Crippen LogP contribution is 2.21. The second kappa shape index (κ2) is 6.09. The summed E-state index contributed by atoms with van der Waals surface area (Å²) in [6.07, 6.45) is 0. The van der Waals surface area contributed by atoms with Crippen molar-refractivity contribution in [1.82, 2.24) is 4.72 Å². The zero-order valence-electron chi connectivity index (χ0n) is 11.0. The molecule has 2 aromatic rings. The van der Waals surface area contributed by atoms with Gasteiger partial charge in [-0.15, -0.1) is 0 Å². The summed E-state index contributed by atoms with van der Waals surface area (Å²) in [6, 6.07) is 8.26. The van der Waals surface area contributed by atoms with Crippen LogP contribution in [0.3, 0.4) is 0 Å². The lowest BCUT2D eigenvalue weighted by molar-refractivity contribution is 0.544. The molecule has 0 atom stereocenters. The molecule has 2 aromatic carbocycles. The highest BCUT2D eigenvalue weighted by Gasteiger charge is 2.18. The number of hydrogen-bond donors (Lipinski definition) is 1. The second-order valence-corrected chi connectivity index (χ2v) is 6.64. The third-order valence-corrected chi connectivity index (χ3v) is 4.57. The maximum Gasteiger partial charge on any atom is 0.240 e. The molecule has 1 N–H and O–H groups in total. The molecule has 0 saturated heterocycles. The molecule has 2 rings (SSSR count). The van der Waals surface area contributed by atoms with Crippen molar-refractivity contribution < 1.29 is 17.2 Å². The first kappa shape index (κ1) is 15.9. The van der Waals surface area contributed by atoms with Gasteiger partial charge in [-0.25, -0.2) is 21.9 Å². The number of nitrogens with one attached hydrogen (secondary N) is 1. The Morgan fingerprint density at radius 2 is 1.90 bits per heavy atom. The van der Waals surface area contributed by atoms with Crippen LogP contribution in [0.2, 0.25) is 5.02 Å². The van der Waals surface area contributed by atoms with E-state index in [1.54, 1.807) is 19.1 Å². The molecule has 0 heterocycles. The molecule has 0 bridgehead atoms. The van der Waals surface area contributed by atoms with Crippen molar-refractivity contribution in [1.29, 1.82) is 0 Å². The lowest BCUT2D eigenvalue weighted by atomic mass is 10.2. The average molecular weight is 332 g/mol. The first-order chi connectivity index (χ1) is 9.81. The summed E-state index contributed by atoms with van der Waals surface area (Å²) in [4.78, 5) is 0.0327. The van der Waals surface area contributed by atoms with Gasteiger partial charge in [0.2, 0.25) is 10.0 Å². The molecule has 0 saturated carbocycles. The van der Waals surface area contributed by atoms with Crippen LogP contribution in [-0.2, 0) is 16.6 Å². The van der Waals surface area contributed by atoms with Gasteiger partial charge in [-0.2, -0.15) is 0 Å². The molecule has 0 fully saturated rings. The first-order valence-electron chi connectivity index (χ1n) is 6.00. The topological polar surface area (TPSA) is 46.2 Å². The molecule has 21 heavy (non-hydrogen) atoms. The fraction of sp³-hybridized carbons (Fsp3) is 0.143. The molecule has 0 amide bonds. The number of rotatable bonds is 4. The molecule has 0 spiro atoms. The minimum atomic E-state index is -3.85. The standard InChI is InChI=1S/C14H12ClF2NO2S/c1-9-3-2-4-10(7-9)21(19,20)18-8-11-13(16)6-5-12(15)14(11)17/h2-7,18H,8H2,1H3. The van der Waals surface area contributed by atoms with Crippen molar-refractivity contribution in [3.63, 3.8) is 0 Å². The summed E-state index contributed by atoms with van der Waals surface area (Å²) in [5.41, 5.74) is 0.344. The smallest absolute Gasteiger partial charge is 0.207 e. The van der Waals surface area contributed by atoms with E-state index < -0.39 is 33.8 Å². The normalized spacial score (nSPS) is 11.6. The monoisotopic (exact) mass is 331 g/mol. The van der Waals surface area contributed by atoms with E-state index in [0.717, 1.165) is 17.7 Å². The van der Waals surface area contributed by atoms with Crippen LogP contribution in [0.1, 0.15) is 11.1 Å². The number of hydrogen-bond acceptors (Lipinski definition) is 2. The van der Waals surface area contributed by atoms with Crippen LogP contribution < -0.4 is 4.72 Å². The van der Waals surface area contributed by atoms with Gasteiger partial charge in [0.05, 0.1) is 9.92 Å². The Labute approximate surface area is 126 Å². The van der Waals surface area contributed by atoms with Gasteiger partial charge in [-0.3, -0.25) is 0 Å². The van der Waals surface area contributed by atoms with E-state index in [4.69, 9.17) is 11.6 Å². The maximum atomic E-state index is 13.7. The summed E-state index contributed by atoms with van der Waals surface area (Å²) >= 11 is 5.55. The Morgan fingerprint density at radius 3 is 2.57 bits per heavy atom. The van der Waals surface area contributed by atoms with Gasteiger partial charge in [-0.1, -0.05) is 23.7 Å². The predicted molar refractivity (Wildman–Crippen MR) is 76.6 cm³/mol. The van der Waals surface area contributed by atoms with E-state index in [1.807, 2.05) is 0 Å². The Bertz CT molecular complexity index is 779. The van der Waals surface area contributed by atoms with E-state index in [0.29, 0.717) is 0 Å². The molecule has 0 aliphatic rings. The number of aryl methyl sites for hydroxylation is 1. The molecule has 0 radical (unpaired) electrons. The minimum absolute atomic E-state index is 0.0327. The van der Waals surface area contributed by atoms with E-state index in [1.165, 1.54) is 12.1 Å². The maximum absolute atomic E-state index is 13.7. The van der Waals surface area contributed by atoms with Crippen molar-refractivity contribution in [2.45, 2.75) is 18.4 Å². The van der Waals surface area contributed by atoms with Gasteiger partial charge in [0.1, 0.15) is 11.6 Å². The Morgan fingerprint density at radius 1 is 1.19 bits per heavy atom. The Hall–Kier alpha value is -1.50. The van der Waals surface area contributed by atoms with E-state index >= 15 is 0 Å². The van der Waals surface area contributed by atoms with Crippen LogP contribution in [-0.4, -0.2) is 8.42 Å². The number of benzene rings is 2. The molecule has 112 valence electrons. The van der Waals surface area contributed by atoms with Crippen LogP contribution in [0.15, 0.2) is 41.3 Å². The lowest BCUT2D eigenvalue weighted by Gasteiger charge is -2.09. The summed E-state index contributed by atoms with van der Waals surface area (Å²) in [5, 5.41) is -0.263. The molecule has 0 aliphatic heterocycles. The van der Waals surface area contributed by atoms with Gasteiger partial charge in [-0.05, 0) is 36.8 Å². The van der Waals surface area contributed by atoms with Gasteiger partial charge < -0.3 is 0 Å². The van der Waals surface area contributed by atoms with Gasteiger partial charge in [0.25, 0.3) is 0 Å². The van der Waals surface area contributed by atoms with Crippen molar-refractivity contribution in [2.24, 2.45) is 0 Å². The zero-order valence-corrected chi connectivity index (χ0v) is 12.6. The Kier molecular flexibility index (Phi) is 4.61. The fourth-order valence-corrected chi connectivity index (χ4v) is 3.04. The van der Waals surface area contributed by atoms with Crippen LogP contribution in [0.4, 0.5) is 8.78 Å². The first-order valence-corrected chi connectivity index (χ1v) is 7.86. The third-order valence-electron chi connectivity index (χ3n) is 2.88. The second-order valence-electron chi connectivity index (χ2n) is 4.46. The van der Waals surface area contributed by atoms with Gasteiger partial charge >= 0.3 is 0 Å². The van der Waals surface area contributed by atoms with Crippen molar-refractivity contribution in [3.05, 3.63) is 64.2 Å². The minimum Gasteiger partial charge on any atom is -0.207 e. The lowest BCUT2D eigenvalue weighted by Crippen LogP contribution is -2.24. The van der Waals surface area contributed by atoms with Crippen LogP contribution in [0.5, 0.6) is 0 Å². The fourth-order valence-electron chi connectivity index (χ4n) is 1.76. The molecule has 3 nitrogen and oxygen atoms in total. The highest BCUT2D eigenvalue weighted by molar-refractivity contribution is 7.89. The van der Waals surface area contributed by atoms with Crippen molar-refractivity contribution >= 4 is 21.6 Å². The third kappa shape index (κ3) is 3.58. The predicted octanol–water partition coefficient (Wildman–Crippen LogP) is 3.41. The molecule has 0 aliphatic carbocycles. The van der Waals surface area contributed by atoms with Crippen LogP contribution in [0, 0.1) is 18.6 Å². The molecule has 0 aromatic heterocycles. The summed E-state index contributed by atoms with van der Waals surface area (Å²) in [7, 11) is -3.85. The largest absolute Gasteiger partial charge is 0.240 e. The molecule has 0 unspecified atom stereocenters. The molecular formula is C14H12ClF2NO2S. The van der Waals surface area contributed by atoms with E-state index in [-0.39, 0.29) is 9.92 Å². The van der Waals surface area contributed by atoms with Gasteiger partial charge in [0.15, 0.2) is 0 Å². The average Bonchev–Trinajstić information content (AvgIpc) is 2.43. The van der Waals surface area contributed by atoms with E-state index in [9.17, 15) is 17.2 Å². The number of sulfonamides is 1. The molecular weight excluding hydrogens is 320 g/mol. The van der Waals surface area contributed by atoms with Crippen LogP contribution in [0.25, 0.3) is 0 Å². The highest BCUT2D eigenvalue weighted by atomic mass is 35.5. The van der Waals surface area contributed by atoms with Crippen molar-refractivity contribution in [2.75, 3.05) is 0 Å². The van der Waals surface area contributed by atoms with Gasteiger partial charge in [0, 0.05) is 12.1 Å². The number of halogens is 3. The van der Waals surface area contributed by atoms with Crippen LogP contribution >= 0.6 is 11.6 Å². The summed E-state index contributed by atoms with van der Waals surface area (Å²) < 4.78 is 53.5. The summed E-state index contributed by atoms with van der Waals surface area (Å²) in [6.45, 7) is 1.23. The zero-order chi connectivity index (χ0) is 15.6. The van der Waals surface area contributed by atoms with E-state index in [2.05, 4.69) is 4.72 Å². The quantitative estimate of drug-likeness (QED) is 0.873. The summed E-state index contributed by atoms with van der Waals surface area (Å²) in [5.74, 6) is -1.83. The van der Waals surface area contributed by atoms with Crippen molar-refractivity contribution in [3.8, 4) is 0 Å². The molecule has 7 heteroatoms.